The van der Waals surface area contributed by atoms with Crippen LogP contribution in [-0.4, -0.2) is 6.04 Å². The summed E-state index contributed by atoms with van der Waals surface area (Å²) in [6.07, 6.45) is 5.47. The molecule has 1 aromatic heterocycles. The minimum absolute atomic E-state index is 0.279. The van der Waals surface area contributed by atoms with Gasteiger partial charge in [-0.15, -0.1) is 11.3 Å². The van der Waals surface area contributed by atoms with E-state index in [0.717, 1.165) is 0 Å². The van der Waals surface area contributed by atoms with Crippen molar-refractivity contribution in [3.05, 3.63) is 51.7 Å². The minimum atomic E-state index is 0.279. The van der Waals surface area contributed by atoms with Crippen molar-refractivity contribution in [2.75, 3.05) is 4.90 Å². The Labute approximate surface area is 130 Å². The topological polar surface area (TPSA) is 3.24 Å². The highest BCUT2D eigenvalue weighted by Gasteiger charge is 2.65. The lowest BCUT2D eigenvalue weighted by atomic mass is 9.49. The second kappa shape index (κ2) is 3.73. The molecule has 2 saturated heterocycles. The van der Waals surface area contributed by atoms with E-state index in [-0.39, 0.29) is 5.54 Å². The van der Waals surface area contributed by atoms with Gasteiger partial charge < -0.3 is 4.90 Å². The summed E-state index contributed by atoms with van der Waals surface area (Å²) in [4.78, 5) is 4.52. The van der Waals surface area contributed by atoms with Crippen LogP contribution in [0.1, 0.15) is 48.6 Å². The maximum Gasteiger partial charge on any atom is 0.0668 e. The molecule has 0 unspecified atom stereocenters. The van der Waals surface area contributed by atoms with Gasteiger partial charge >= 0.3 is 0 Å². The molecule has 8 rings (SSSR count). The quantitative estimate of drug-likeness (QED) is 0.716. The number of para-hydroxylation sites is 1. The van der Waals surface area contributed by atoms with Crippen molar-refractivity contribution in [1.29, 1.82) is 0 Å². The van der Waals surface area contributed by atoms with E-state index in [4.69, 9.17) is 0 Å². The highest BCUT2D eigenvalue weighted by Crippen LogP contribution is 2.67. The van der Waals surface area contributed by atoms with Crippen molar-refractivity contribution in [2.45, 2.75) is 56.5 Å². The predicted octanol–water partition coefficient (Wildman–Crippen LogP) is 4.99. The van der Waals surface area contributed by atoms with Crippen molar-refractivity contribution >= 4 is 17.0 Å². The number of aryl methyl sites for hydroxylation is 1. The normalized spacial score (nSPS) is 36.1. The summed E-state index contributed by atoms with van der Waals surface area (Å²) in [7, 11) is 0. The molecule has 4 heterocycles. The molecule has 108 valence electrons. The second-order valence-electron chi connectivity index (χ2n) is 7.18. The first kappa shape index (κ1) is 12.3. The molecule has 2 aromatic rings. The fraction of sp³-hybridized carbons (Fsp3) is 0.474. The lowest BCUT2D eigenvalue weighted by Gasteiger charge is -2.69. The van der Waals surface area contributed by atoms with Crippen LogP contribution in [0, 0.1) is 6.92 Å². The molecule has 6 aliphatic rings. The van der Waals surface area contributed by atoms with E-state index in [0.29, 0.717) is 11.5 Å². The largest absolute Gasteiger partial charge is 0.358 e. The third kappa shape index (κ3) is 1.21. The van der Waals surface area contributed by atoms with Crippen LogP contribution in [0.25, 0.3) is 0 Å². The lowest BCUT2D eigenvalue weighted by Crippen LogP contribution is -2.71. The van der Waals surface area contributed by atoms with Crippen molar-refractivity contribution in [2.24, 2.45) is 0 Å². The van der Waals surface area contributed by atoms with Crippen LogP contribution in [-0.2, 0) is 11.0 Å². The molecule has 2 bridgehead atoms. The van der Waals surface area contributed by atoms with Gasteiger partial charge in [-0.1, -0.05) is 18.2 Å². The molecule has 0 radical (unpaired) electrons. The Morgan fingerprint density at radius 2 is 1.86 bits per heavy atom. The summed E-state index contributed by atoms with van der Waals surface area (Å²) < 4.78 is 0. The van der Waals surface area contributed by atoms with E-state index in [9.17, 15) is 0 Å². The third-order valence-corrected chi connectivity index (χ3v) is 7.75. The van der Waals surface area contributed by atoms with E-state index >= 15 is 0 Å². The van der Waals surface area contributed by atoms with Gasteiger partial charge in [0.05, 0.1) is 5.54 Å². The fourth-order valence-corrected chi connectivity index (χ4v) is 6.87. The number of benzene rings is 1. The van der Waals surface area contributed by atoms with E-state index in [1.807, 2.05) is 11.3 Å². The molecule has 0 amide bonds. The second-order valence-corrected chi connectivity index (χ2v) is 8.10. The van der Waals surface area contributed by atoms with Gasteiger partial charge in [0.1, 0.15) is 0 Å². The number of piperidine rings is 2. The van der Waals surface area contributed by atoms with Gasteiger partial charge in [-0.25, -0.2) is 0 Å². The molecular formula is C19H21NS. The molecule has 3 fully saturated rings. The number of nitrogens with zero attached hydrogens (tertiary/aromatic N) is 1. The highest BCUT2D eigenvalue weighted by molar-refractivity contribution is 7.10. The van der Waals surface area contributed by atoms with Crippen molar-refractivity contribution in [1.82, 2.24) is 0 Å². The van der Waals surface area contributed by atoms with Crippen molar-refractivity contribution in [3.8, 4) is 0 Å². The monoisotopic (exact) mass is 295 g/mol. The van der Waals surface area contributed by atoms with Gasteiger partial charge in [0.2, 0.25) is 0 Å². The number of anilines is 1. The summed E-state index contributed by atoms with van der Waals surface area (Å²) in [5, 5.41) is 2.33. The Balaban J connectivity index is 1.80. The predicted molar refractivity (Wildman–Crippen MR) is 89.3 cm³/mol. The zero-order chi connectivity index (χ0) is 14.2. The molecule has 21 heavy (non-hydrogen) atoms. The Bertz CT molecular complexity index is 721. The molecule has 1 atom stereocenters. The van der Waals surface area contributed by atoms with Crippen LogP contribution in [0.5, 0.6) is 0 Å². The molecule has 3 aliphatic carbocycles. The van der Waals surface area contributed by atoms with E-state index < -0.39 is 0 Å². The fourth-order valence-electron chi connectivity index (χ4n) is 5.54. The summed E-state index contributed by atoms with van der Waals surface area (Å²) in [6, 6.07) is 12.0. The van der Waals surface area contributed by atoms with Crippen LogP contribution in [0.3, 0.4) is 0 Å². The SMILES string of the molecule is Cc1ccccc1N1[C@@H](C)C23CCC1(CC2)c1ccsc13. The maximum atomic E-state index is 2.80. The van der Waals surface area contributed by atoms with Crippen LogP contribution >= 0.6 is 11.3 Å². The van der Waals surface area contributed by atoms with Gasteiger partial charge in [0, 0.05) is 22.0 Å². The van der Waals surface area contributed by atoms with E-state index in [1.54, 1.807) is 10.4 Å². The molecule has 1 saturated carbocycles. The molecule has 2 heteroatoms. The van der Waals surface area contributed by atoms with Gasteiger partial charge in [-0.2, -0.15) is 0 Å². The third-order valence-electron chi connectivity index (χ3n) is 6.61. The lowest BCUT2D eigenvalue weighted by molar-refractivity contribution is 0.0595. The van der Waals surface area contributed by atoms with Gasteiger partial charge in [-0.05, 0) is 68.2 Å². The van der Waals surface area contributed by atoms with Crippen LogP contribution in [0.4, 0.5) is 5.69 Å². The van der Waals surface area contributed by atoms with Crippen molar-refractivity contribution < 1.29 is 0 Å². The summed E-state index contributed by atoms with van der Waals surface area (Å²) in [5.74, 6) is 0. The average molecular weight is 295 g/mol. The highest BCUT2D eigenvalue weighted by atomic mass is 32.1. The minimum Gasteiger partial charge on any atom is -0.358 e. The van der Waals surface area contributed by atoms with Crippen LogP contribution in [0.2, 0.25) is 0 Å². The first-order valence-corrected chi connectivity index (χ1v) is 9.00. The summed E-state index contributed by atoms with van der Waals surface area (Å²) >= 11 is 2.02. The smallest absolute Gasteiger partial charge is 0.0668 e. The van der Waals surface area contributed by atoms with Crippen molar-refractivity contribution in [3.63, 3.8) is 0 Å². The Morgan fingerprint density at radius 3 is 2.62 bits per heavy atom. The summed E-state index contributed by atoms with van der Waals surface area (Å²) in [5.41, 5.74) is 5.24. The Hall–Kier alpha value is -1.28. The first-order valence-electron chi connectivity index (χ1n) is 8.12. The molecule has 1 aromatic carbocycles. The van der Waals surface area contributed by atoms with Gasteiger partial charge in [-0.3, -0.25) is 0 Å². The van der Waals surface area contributed by atoms with Gasteiger partial charge in [0.15, 0.2) is 0 Å². The number of hydrogen-bond donors (Lipinski definition) is 0. The standard InChI is InChI=1S/C19H21NS/c1-13-5-3-4-6-16(13)20-14(2)18-8-10-19(20,11-9-18)15-7-12-21-17(15)18/h3-7,12,14H,8-11H2,1-2H3/t14-,18?,19?/m0/s1. The summed E-state index contributed by atoms with van der Waals surface area (Å²) in [6.45, 7) is 4.74. The average Bonchev–Trinajstić information content (AvgIpc) is 3.02. The first-order chi connectivity index (χ1) is 10.2. The molecule has 1 nitrogen and oxygen atoms in total. The molecule has 3 aliphatic heterocycles. The van der Waals surface area contributed by atoms with Crippen LogP contribution < -0.4 is 4.90 Å². The zero-order valence-corrected chi connectivity index (χ0v) is 13.5. The number of hydrogen-bond acceptors (Lipinski definition) is 2. The number of thiophene rings is 1. The van der Waals surface area contributed by atoms with Gasteiger partial charge in [0.25, 0.3) is 0 Å². The molecule has 0 spiro atoms. The van der Waals surface area contributed by atoms with E-state index in [1.165, 1.54) is 36.9 Å². The molecule has 0 N–H and O–H groups in total. The van der Waals surface area contributed by atoms with E-state index in [2.05, 4.69) is 54.5 Å². The Kier molecular flexibility index (Phi) is 2.18. The molecular weight excluding hydrogens is 274 g/mol. The van der Waals surface area contributed by atoms with Crippen LogP contribution in [0.15, 0.2) is 35.7 Å². The number of rotatable bonds is 1. The Morgan fingerprint density at radius 1 is 1.10 bits per heavy atom. The zero-order valence-electron chi connectivity index (χ0n) is 12.7. The maximum absolute atomic E-state index is 2.80.